The summed E-state index contributed by atoms with van der Waals surface area (Å²) in [4.78, 5) is 2.09. The summed E-state index contributed by atoms with van der Waals surface area (Å²) in [6, 6.07) is 4.94. The number of benzene rings is 1. The van der Waals surface area contributed by atoms with Crippen LogP contribution in [-0.2, 0) is 4.74 Å². The second kappa shape index (κ2) is 5.28. The summed E-state index contributed by atoms with van der Waals surface area (Å²) in [5, 5.41) is 11.5. The highest BCUT2D eigenvalue weighted by Crippen LogP contribution is 2.34. The molecule has 108 valence electrons. The lowest BCUT2D eigenvalue weighted by Crippen LogP contribution is -2.49. The molecule has 2 unspecified atom stereocenters. The molecule has 2 atom stereocenters. The van der Waals surface area contributed by atoms with Crippen LogP contribution in [0.1, 0.15) is 24.8 Å². The molecule has 6 heteroatoms. The first-order chi connectivity index (χ1) is 9.70. The van der Waals surface area contributed by atoms with Crippen LogP contribution in [0.25, 0.3) is 0 Å². The number of amidine groups is 1. The fraction of sp³-hybridized carbons (Fsp3) is 0.500. The monoisotopic (exact) mass is 279 g/mol. The molecule has 5 nitrogen and oxygen atoms in total. The summed E-state index contributed by atoms with van der Waals surface area (Å²) in [5.41, 5.74) is 6.43. The van der Waals surface area contributed by atoms with Crippen molar-refractivity contribution in [1.82, 2.24) is 0 Å². The minimum absolute atomic E-state index is 0.0869. The zero-order chi connectivity index (χ0) is 14.1. The summed E-state index contributed by atoms with van der Waals surface area (Å²) in [6.07, 6.45) is 3.42. The van der Waals surface area contributed by atoms with Crippen LogP contribution in [0.3, 0.4) is 0 Å². The second-order valence-electron chi connectivity index (χ2n) is 5.25. The predicted octanol–water partition coefficient (Wildman–Crippen LogP) is 1.68. The molecule has 0 spiro atoms. The molecule has 1 aromatic rings. The number of hydrogen-bond acceptors (Lipinski definition) is 4. The van der Waals surface area contributed by atoms with Crippen LogP contribution in [0.15, 0.2) is 23.4 Å². The van der Waals surface area contributed by atoms with Crippen LogP contribution >= 0.6 is 0 Å². The number of fused-ring (bicyclic) bond motifs is 1. The first-order valence-corrected chi connectivity index (χ1v) is 6.86. The molecular weight excluding hydrogens is 261 g/mol. The predicted molar refractivity (Wildman–Crippen MR) is 73.6 cm³/mol. The zero-order valence-electron chi connectivity index (χ0n) is 11.1. The summed E-state index contributed by atoms with van der Waals surface area (Å²) in [7, 11) is 0. The summed E-state index contributed by atoms with van der Waals surface area (Å²) < 4.78 is 20.1. The third-order valence-electron chi connectivity index (χ3n) is 4.14. The van der Waals surface area contributed by atoms with Gasteiger partial charge in [-0.05, 0) is 37.5 Å². The van der Waals surface area contributed by atoms with Crippen molar-refractivity contribution in [1.29, 1.82) is 0 Å². The van der Waals surface area contributed by atoms with E-state index in [-0.39, 0.29) is 23.8 Å². The molecule has 1 aliphatic heterocycles. The van der Waals surface area contributed by atoms with Crippen molar-refractivity contribution in [3.8, 4) is 0 Å². The maximum Gasteiger partial charge on any atom is 0.170 e. The first-order valence-electron chi connectivity index (χ1n) is 6.86. The Hall–Kier alpha value is -1.82. The van der Waals surface area contributed by atoms with E-state index in [9.17, 15) is 4.39 Å². The Bertz CT molecular complexity index is 535. The summed E-state index contributed by atoms with van der Waals surface area (Å²) in [6.45, 7) is 1.32. The third kappa shape index (κ3) is 2.20. The van der Waals surface area contributed by atoms with Gasteiger partial charge in [-0.2, -0.15) is 0 Å². The van der Waals surface area contributed by atoms with E-state index in [0.717, 1.165) is 19.3 Å². The highest BCUT2D eigenvalue weighted by Gasteiger charge is 2.37. The van der Waals surface area contributed by atoms with E-state index in [4.69, 9.17) is 15.7 Å². The second-order valence-corrected chi connectivity index (χ2v) is 5.25. The zero-order valence-corrected chi connectivity index (χ0v) is 11.1. The lowest BCUT2D eigenvalue weighted by Gasteiger charge is -2.39. The van der Waals surface area contributed by atoms with Crippen LogP contribution in [0.5, 0.6) is 0 Å². The van der Waals surface area contributed by atoms with Gasteiger partial charge in [0, 0.05) is 12.1 Å². The van der Waals surface area contributed by atoms with E-state index < -0.39 is 0 Å². The highest BCUT2D eigenvalue weighted by molar-refractivity contribution is 5.97. The average molecular weight is 279 g/mol. The van der Waals surface area contributed by atoms with E-state index in [2.05, 4.69) is 10.1 Å². The van der Waals surface area contributed by atoms with E-state index in [0.29, 0.717) is 24.4 Å². The summed E-state index contributed by atoms with van der Waals surface area (Å²) in [5.74, 6) is -0.433. The maximum absolute atomic E-state index is 14.3. The van der Waals surface area contributed by atoms with Crippen molar-refractivity contribution < 1.29 is 14.3 Å². The molecule has 0 radical (unpaired) electrons. The summed E-state index contributed by atoms with van der Waals surface area (Å²) >= 11 is 0. The lowest BCUT2D eigenvalue weighted by atomic mass is 10.1. The van der Waals surface area contributed by atoms with Crippen molar-refractivity contribution in [2.24, 2.45) is 10.9 Å². The van der Waals surface area contributed by atoms with Crippen LogP contribution in [-0.4, -0.2) is 36.3 Å². The van der Waals surface area contributed by atoms with Crippen molar-refractivity contribution >= 4 is 11.5 Å². The van der Waals surface area contributed by atoms with Gasteiger partial charge in [0.15, 0.2) is 5.84 Å². The molecule has 2 aliphatic rings. The molecule has 1 aromatic carbocycles. The van der Waals surface area contributed by atoms with Crippen LogP contribution < -0.4 is 10.6 Å². The number of morpholine rings is 1. The largest absolute Gasteiger partial charge is 0.409 e. The molecule has 1 saturated carbocycles. The van der Waals surface area contributed by atoms with Crippen molar-refractivity contribution in [2.45, 2.75) is 31.4 Å². The van der Waals surface area contributed by atoms with Gasteiger partial charge in [-0.1, -0.05) is 5.16 Å². The number of hydrogen-bond donors (Lipinski definition) is 2. The lowest BCUT2D eigenvalue weighted by molar-refractivity contribution is 0.0254. The Kier molecular flexibility index (Phi) is 3.48. The van der Waals surface area contributed by atoms with Crippen molar-refractivity contribution in [2.75, 3.05) is 18.1 Å². The number of oxime groups is 1. The van der Waals surface area contributed by atoms with Gasteiger partial charge in [0.1, 0.15) is 5.82 Å². The quantitative estimate of drug-likeness (QED) is 0.374. The molecule has 0 aromatic heterocycles. The van der Waals surface area contributed by atoms with Crippen LogP contribution in [0.2, 0.25) is 0 Å². The molecule has 3 N–H and O–H groups in total. The van der Waals surface area contributed by atoms with E-state index in [1.165, 1.54) is 6.07 Å². The molecule has 0 bridgehead atoms. The van der Waals surface area contributed by atoms with Gasteiger partial charge < -0.3 is 20.6 Å². The minimum atomic E-state index is -0.346. The SMILES string of the molecule is NC(=NO)c1ccc(N2CCOC3CCCC32)c(F)c1. The molecule has 3 rings (SSSR count). The fourth-order valence-electron chi connectivity index (χ4n) is 3.18. The standard InChI is InChI=1S/C14H18FN3O2/c15-10-8-9(14(16)17-19)4-5-11(10)18-6-7-20-13-3-1-2-12(13)18/h4-5,8,12-13,19H,1-3,6-7H2,(H2,16,17). The van der Waals surface area contributed by atoms with Gasteiger partial charge in [-0.15, -0.1) is 0 Å². The highest BCUT2D eigenvalue weighted by atomic mass is 19.1. The third-order valence-corrected chi connectivity index (χ3v) is 4.14. The number of rotatable bonds is 2. The topological polar surface area (TPSA) is 71.1 Å². The molecular formula is C14H18FN3O2. The Labute approximate surface area is 116 Å². The number of anilines is 1. The van der Waals surface area contributed by atoms with Gasteiger partial charge in [0.05, 0.1) is 24.4 Å². The minimum Gasteiger partial charge on any atom is -0.409 e. The van der Waals surface area contributed by atoms with Gasteiger partial charge in [-0.25, -0.2) is 4.39 Å². The van der Waals surface area contributed by atoms with Gasteiger partial charge in [0.2, 0.25) is 0 Å². The Morgan fingerprint density at radius 3 is 3.05 bits per heavy atom. The Morgan fingerprint density at radius 2 is 2.30 bits per heavy atom. The number of nitrogens with zero attached hydrogens (tertiary/aromatic N) is 2. The maximum atomic E-state index is 14.3. The van der Waals surface area contributed by atoms with Crippen molar-refractivity contribution in [3.05, 3.63) is 29.6 Å². The molecule has 1 saturated heterocycles. The fourth-order valence-corrected chi connectivity index (χ4v) is 3.18. The number of halogens is 1. The Morgan fingerprint density at radius 1 is 1.45 bits per heavy atom. The van der Waals surface area contributed by atoms with E-state index in [1.54, 1.807) is 12.1 Å². The van der Waals surface area contributed by atoms with Crippen LogP contribution in [0, 0.1) is 5.82 Å². The first kappa shape index (κ1) is 13.2. The average Bonchev–Trinajstić information content (AvgIpc) is 2.95. The Balaban J connectivity index is 1.90. The molecule has 1 aliphatic carbocycles. The van der Waals surface area contributed by atoms with E-state index in [1.807, 2.05) is 0 Å². The smallest absolute Gasteiger partial charge is 0.170 e. The van der Waals surface area contributed by atoms with E-state index >= 15 is 0 Å². The van der Waals surface area contributed by atoms with Gasteiger partial charge >= 0.3 is 0 Å². The molecule has 1 heterocycles. The molecule has 0 amide bonds. The number of ether oxygens (including phenoxy) is 1. The van der Waals surface area contributed by atoms with Gasteiger partial charge in [-0.3, -0.25) is 0 Å². The van der Waals surface area contributed by atoms with Crippen molar-refractivity contribution in [3.63, 3.8) is 0 Å². The molecule has 20 heavy (non-hydrogen) atoms. The van der Waals surface area contributed by atoms with Crippen LogP contribution in [0.4, 0.5) is 10.1 Å². The molecule has 2 fully saturated rings. The normalized spacial score (nSPS) is 26.6. The number of nitrogens with two attached hydrogens (primary N) is 1. The van der Waals surface area contributed by atoms with Gasteiger partial charge in [0.25, 0.3) is 0 Å².